The lowest BCUT2D eigenvalue weighted by Crippen LogP contribution is -2.08. The minimum atomic E-state index is 0.768. The molecule has 0 aliphatic heterocycles. The molecule has 0 radical (unpaired) electrons. The molecule has 6 nitrogen and oxygen atoms in total. The van der Waals surface area contributed by atoms with E-state index in [0.29, 0.717) is 0 Å². The highest BCUT2D eigenvalue weighted by atomic mass is 15.3. The van der Waals surface area contributed by atoms with Crippen LogP contribution in [0.15, 0.2) is 6.20 Å². The number of hydrogen-bond acceptors (Lipinski definition) is 4. The summed E-state index contributed by atoms with van der Waals surface area (Å²) in [5.41, 5.74) is 10.2. The van der Waals surface area contributed by atoms with Crippen LogP contribution in [0.25, 0.3) is 0 Å². The largest absolute Gasteiger partial charge is 0.394 e. The first kappa shape index (κ1) is 13.5. The van der Waals surface area contributed by atoms with Gasteiger partial charge in [-0.05, 0) is 31.7 Å². The molecule has 2 aromatic heterocycles. The van der Waals surface area contributed by atoms with E-state index in [1.54, 1.807) is 0 Å². The molecule has 0 spiro atoms. The average Bonchev–Trinajstić information content (AvgIpc) is 2.91. The van der Waals surface area contributed by atoms with Gasteiger partial charge >= 0.3 is 0 Å². The second kappa shape index (κ2) is 5.77. The molecule has 0 saturated carbocycles. The molecular formula is C13H22N6. The fourth-order valence-corrected chi connectivity index (χ4v) is 2.18. The first-order valence-electron chi connectivity index (χ1n) is 6.67. The lowest BCUT2D eigenvalue weighted by atomic mass is 10.1. The number of H-pyrrole nitrogens is 1. The van der Waals surface area contributed by atoms with Crippen LogP contribution in [-0.2, 0) is 19.9 Å². The molecule has 104 valence electrons. The van der Waals surface area contributed by atoms with Gasteiger partial charge in [0.1, 0.15) is 5.82 Å². The van der Waals surface area contributed by atoms with Crippen molar-refractivity contribution in [3.63, 3.8) is 0 Å². The molecule has 0 aliphatic carbocycles. The molecule has 6 heteroatoms. The first-order chi connectivity index (χ1) is 9.13. The van der Waals surface area contributed by atoms with Gasteiger partial charge in [0.05, 0.1) is 17.6 Å². The lowest BCUT2D eigenvalue weighted by Gasteiger charge is -2.07. The van der Waals surface area contributed by atoms with Crippen LogP contribution in [0.5, 0.6) is 0 Å². The van der Waals surface area contributed by atoms with E-state index < -0.39 is 0 Å². The summed E-state index contributed by atoms with van der Waals surface area (Å²) in [5.74, 6) is 0.917. The minimum absolute atomic E-state index is 0.768. The van der Waals surface area contributed by atoms with Crippen molar-refractivity contribution in [2.24, 2.45) is 7.05 Å². The summed E-state index contributed by atoms with van der Waals surface area (Å²) in [4.78, 5) is 0. The standard InChI is InChI=1S/C13H22N6/c1-4-11-12(14)13(19(3)18-11)15-7-5-6-10-8-16-17-9(10)2/h8,15H,4-7,14H2,1-3H3,(H,16,17). The molecule has 19 heavy (non-hydrogen) atoms. The van der Waals surface area contributed by atoms with Gasteiger partial charge in [0.25, 0.3) is 0 Å². The number of aryl methyl sites for hydroxylation is 4. The summed E-state index contributed by atoms with van der Waals surface area (Å²) >= 11 is 0. The number of nitrogens with zero attached hydrogens (tertiary/aromatic N) is 3. The maximum Gasteiger partial charge on any atom is 0.147 e. The first-order valence-corrected chi connectivity index (χ1v) is 6.67. The smallest absolute Gasteiger partial charge is 0.147 e. The van der Waals surface area contributed by atoms with Crippen molar-refractivity contribution >= 4 is 11.5 Å². The van der Waals surface area contributed by atoms with E-state index in [-0.39, 0.29) is 0 Å². The van der Waals surface area contributed by atoms with Crippen LogP contribution in [0, 0.1) is 6.92 Å². The Labute approximate surface area is 113 Å². The highest BCUT2D eigenvalue weighted by molar-refractivity contribution is 5.64. The second-order valence-corrected chi connectivity index (χ2v) is 4.74. The Bertz CT molecular complexity index is 539. The van der Waals surface area contributed by atoms with Gasteiger partial charge in [-0.25, -0.2) is 0 Å². The van der Waals surface area contributed by atoms with E-state index in [9.17, 15) is 0 Å². The van der Waals surface area contributed by atoms with Crippen LogP contribution >= 0.6 is 0 Å². The molecule has 2 rings (SSSR count). The third-order valence-electron chi connectivity index (χ3n) is 3.34. The molecule has 0 aromatic carbocycles. The van der Waals surface area contributed by atoms with Gasteiger partial charge in [-0.2, -0.15) is 10.2 Å². The van der Waals surface area contributed by atoms with Gasteiger partial charge < -0.3 is 11.1 Å². The maximum absolute atomic E-state index is 6.05. The van der Waals surface area contributed by atoms with Crippen LogP contribution in [0.2, 0.25) is 0 Å². The summed E-state index contributed by atoms with van der Waals surface area (Å²) in [6.45, 7) is 4.98. The number of hydrogen-bond donors (Lipinski definition) is 3. The Hall–Kier alpha value is -1.98. The number of aromatic amines is 1. The Morgan fingerprint density at radius 3 is 2.84 bits per heavy atom. The van der Waals surface area contributed by atoms with E-state index in [1.165, 1.54) is 5.56 Å². The van der Waals surface area contributed by atoms with Gasteiger partial charge in [-0.1, -0.05) is 6.92 Å². The van der Waals surface area contributed by atoms with Crippen LogP contribution in [-0.4, -0.2) is 26.5 Å². The van der Waals surface area contributed by atoms with Gasteiger partial charge in [0, 0.05) is 19.3 Å². The minimum Gasteiger partial charge on any atom is -0.394 e. The van der Waals surface area contributed by atoms with E-state index >= 15 is 0 Å². The Morgan fingerprint density at radius 2 is 2.26 bits per heavy atom. The third-order valence-corrected chi connectivity index (χ3v) is 3.34. The molecule has 0 aliphatic rings. The quantitative estimate of drug-likeness (QED) is 0.691. The predicted molar refractivity (Wildman–Crippen MR) is 77.1 cm³/mol. The normalized spacial score (nSPS) is 10.9. The van der Waals surface area contributed by atoms with Crippen LogP contribution in [0.1, 0.15) is 30.3 Å². The van der Waals surface area contributed by atoms with Gasteiger partial charge in [-0.15, -0.1) is 0 Å². The van der Waals surface area contributed by atoms with Crippen molar-refractivity contribution in [2.75, 3.05) is 17.6 Å². The topological polar surface area (TPSA) is 84.5 Å². The zero-order valence-corrected chi connectivity index (χ0v) is 11.8. The number of rotatable bonds is 6. The zero-order chi connectivity index (χ0) is 13.8. The molecule has 0 fully saturated rings. The van der Waals surface area contributed by atoms with E-state index in [1.807, 2.05) is 24.9 Å². The van der Waals surface area contributed by atoms with Crippen molar-refractivity contribution in [2.45, 2.75) is 33.1 Å². The van der Waals surface area contributed by atoms with E-state index in [2.05, 4.69) is 27.5 Å². The van der Waals surface area contributed by atoms with Crippen molar-refractivity contribution < 1.29 is 0 Å². The summed E-state index contributed by atoms with van der Waals surface area (Å²) in [6.07, 6.45) is 4.79. The Kier molecular flexibility index (Phi) is 4.09. The fraction of sp³-hybridized carbons (Fsp3) is 0.538. The van der Waals surface area contributed by atoms with E-state index in [4.69, 9.17) is 5.73 Å². The van der Waals surface area contributed by atoms with Crippen molar-refractivity contribution in [1.29, 1.82) is 0 Å². The van der Waals surface area contributed by atoms with Crippen LogP contribution in [0.3, 0.4) is 0 Å². The third kappa shape index (κ3) is 2.89. The lowest BCUT2D eigenvalue weighted by molar-refractivity contribution is 0.742. The highest BCUT2D eigenvalue weighted by Crippen LogP contribution is 2.22. The molecule has 0 bridgehead atoms. The monoisotopic (exact) mass is 262 g/mol. The Balaban J connectivity index is 1.86. The van der Waals surface area contributed by atoms with Gasteiger partial charge in [0.15, 0.2) is 0 Å². The number of nitrogen functional groups attached to an aromatic ring is 1. The van der Waals surface area contributed by atoms with Crippen molar-refractivity contribution in [3.8, 4) is 0 Å². The number of aromatic nitrogens is 4. The van der Waals surface area contributed by atoms with Crippen molar-refractivity contribution in [1.82, 2.24) is 20.0 Å². The SMILES string of the molecule is CCc1nn(C)c(NCCCc2cn[nH]c2C)c1N. The molecule has 0 amide bonds. The molecule has 4 N–H and O–H groups in total. The van der Waals surface area contributed by atoms with Gasteiger partial charge in [-0.3, -0.25) is 9.78 Å². The molecule has 0 saturated heterocycles. The summed E-state index contributed by atoms with van der Waals surface area (Å²) in [5, 5.41) is 14.7. The molecule has 0 unspecified atom stereocenters. The summed E-state index contributed by atoms with van der Waals surface area (Å²) in [6, 6.07) is 0. The number of anilines is 2. The van der Waals surface area contributed by atoms with Crippen LogP contribution < -0.4 is 11.1 Å². The maximum atomic E-state index is 6.05. The Morgan fingerprint density at radius 1 is 1.47 bits per heavy atom. The molecular weight excluding hydrogens is 240 g/mol. The highest BCUT2D eigenvalue weighted by Gasteiger charge is 2.10. The molecule has 0 atom stereocenters. The van der Waals surface area contributed by atoms with Crippen LogP contribution in [0.4, 0.5) is 11.5 Å². The van der Waals surface area contributed by atoms with E-state index in [0.717, 1.165) is 48.7 Å². The zero-order valence-electron chi connectivity index (χ0n) is 11.8. The summed E-state index contributed by atoms with van der Waals surface area (Å²) in [7, 11) is 1.91. The fourth-order valence-electron chi connectivity index (χ4n) is 2.18. The summed E-state index contributed by atoms with van der Waals surface area (Å²) < 4.78 is 1.82. The van der Waals surface area contributed by atoms with Crippen molar-refractivity contribution in [3.05, 3.63) is 23.1 Å². The molecule has 2 aromatic rings. The average molecular weight is 262 g/mol. The number of nitrogens with one attached hydrogen (secondary N) is 2. The molecule has 2 heterocycles. The number of nitrogens with two attached hydrogens (primary N) is 1. The van der Waals surface area contributed by atoms with Gasteiger partial charge in [0.2, 0.25) is 0 Å². The predicted octanol–water partition coefficient (Wildman–Crippen LogP) is 1.64. The second-order valence-electron chi connectivity index (χ2n) is 4.74.